The van der Waals surface area contributed by atoms with Crippen LogP contribution in [-0.4, -0.2) is 23.5 Å². The molecule has 0 saturated carbocycles. The number of ketones is 1. The van der Waals surface area contributed by atoms with Gasteiger partial charge in [0.1, 0.15) is 5.60 Å². The number of nitrogens with one attached hydrogen (secondary N) is 1. The molecule has 0 aromatic carbocycles. The molecule has 0 bridgehead atoms. The molecule has 1 aromatic heterocycles. The second-order valence-electron chi connectivity index (χ2n) is 4.84. The van der Waals surface area contributed by atoms with E-state index in [0.717, 1.165) is 3.79 Å². The van der Waals surface area contributed by atoms with Gasteiger partial charge in [-0.2, -0.15) is 0 Å². The summed E-state index contributed by atoms with van der Waals surface area (Å²) in [7, 11) is 0. The van der Waals surface area contributed by atoms with E-state index in [4.69, 9.17) is 4.74 Å². The van der Waals surface area contributed by atoms with E-state index in [2.05, 4.69) is 21.2 Å². The number of hydrogen-bond donors (Lipinski definition) is 1. The molecule has 18 heavy (non-hydrogen) atoms. The summed E-state index contributed by atoms with van der Waals surface area (Å²) >= 11 is 4.63. The van der Waals surface area contributed by atoms with Crippen molar-refractivity contribution < 1.29 is 14.3 Å². The van der Waals surface area contributed by atoms with E-state index in [1.54, 1.807) is 39.8 Å². The lowest BCUT2D eigenvalue weighted by Gasteiger charge is -2.21. The Morgan fingerprint density at radius 1 is 1.39 bits per heavy atom. The van der Waals surface area contributed by atoms with Crippen molar-refractivity contribution >= 4 is 39.1 Å². The number of hydrogen-bond acceptors (Lipinski definition) is 4. The number of amides is 1. The van der Waals surface area contributed by atoms with Crippen LogP contribution in [0.5, 0.6) is 0 Å². The topological polar surface area (TPSA) is 55.4 Å². The first-order chi connectivity index (χ1) is 8.19. The van der Waals surface area contributed by atoms with Crippen molar-refractivity contribution in [3.63, 3.8) is 0 Å². The van der Waals surface area contributed by atoms with E-state index in [-0.39, 0.29) is 5.78 Å². The molecule has 0 aliphatic heterocycles. The summed E-state index contributed by atoms with van der Waals surface area (Å²) in [4.78, 5) is 24.1. The highest BCUT2D eigenvalue weighted by Crippen LogP contribution is 2.23. The lowest BCUT2D eigenvalue weighted by Crippen LogP contribution is -2.41. The standard InChI is InChI=1S/C12H16BrNO3S/c1-7(14-11(16)17-12(2,3)4)10(15)8-5-6-9(13)18-8/h5-7H,1-4H3,(H,14,16)/t7-/m0/s1. The highest BCUT2D eigenvalue weighted by atomic mass is 79.9. The van der Waals surface area contributed by atoms with Crippen LogP contribution in [-0.2, 0) is 4.74 Å². The highest BCUT2D eigenvalue weighted by molar-refractivity contribution is 9.11. The number of rotatable bonds is 3. The molecule has 1 N–H and O–H groups in total. The molecule has 1 heterocycles. The monoisotopic (exact) mass is 333 g/mol. The minimum atomic E-state index is -0.606. The van der Waals surface area contributed by atoms with Crippen molar-refractivity contribution in [3.05, 3.63) is 20.8 Å². The van der Waals surface area contributed by atoms with Gasteiger partial charge in [-0.15, -0.1) is 11.3 Å². The van der Waals surface area contributed by atoms with Crippen LogP contribution in [0.1, 0.15) is 37.4 Å². The Hall–Kier alpha value is -0.880. The Labute approximate surface area is 119 Å². The molecular formula is C12H16BrNO3S. The maximum atomic E-state index is 12.0. The Balaban J connectivity index is 2.58. The van der Waals surface area contributed by atoms with E-state index < -0.39 is 17.7 Å². The average molecular weight is 334 g/mol. The van der Waals surface area contributed by atoms with Gasteiger partial charge >= 0.3 is 6.09 Å². The normalized spacial score (nSPS) is 12.9. The van der Waals surface area contributed by atoms with E-state index in [1.807, 2.05) is 0 Å². The lowest BCUT2D eigenvalue weighted by molar-refractivity contribution is 0.0497. The van der Waals surface area contributed by atoms with Gasteiger partial charge in [-0.25, -0.2) is 4.79 Å². The van der Waals surface area contributed by atoms with Crippen LogP contribution in [0.2, 0.25) is 0 Å². The maximum Gasteiger partial charge on any atom is 0.408 e. The third kappa shape index (κ3) is 4.78. The summed E-state index contributed by atoms with van der Waals surface area (Å²) in [6.45, 7) is 6.96. The van der Waals surface area contributed by atoms with Gasteiger partial charge in [0, 0.05) is 0 Å². The van der Waals surface area contributed by atoms with E-state index in [9.17, 15) is 9.59 Å². The van der Waals surface area contributed by atoms with Crippen molar-refractivity contribution in [2.24, 2.45) is 0 Å². The van der Waals surface area contributed by atoms with Gasteiger partial charge in [0.25, 0.3) is 0 Å². The number of Topliss-reactive ketones (excluding diaryl/α,β-unsaturated/α-hetero) is 1. The lowest BCUT2D eigenvalue weighted by atomic mass is 10.2. The SMILES string of the molecule is C[C@H](NC(=O)OC(C)(C)C)C(=O)c1ccc(Br)s1. The van der Waals surface area contributed by atoms with Crippen molar-refractivity contribution in [1.82, 2.24) is 5.32 Å². The third-order valence-electron chi connectivity index (χ3n) is 1.94. The van der Waals surface area contributed by atoms with E-state index >= 15 is 0 Å². The van der Waals surface area contributed by atoms with Crippen LogP contribution in [0.4, 0.5) is 4.79 Å². The quantitative estimate of drug-likeness (QED) is 0.859. The molecule has 0 aliphatic carbocycles. The number of halogens is 1. The molecule has 0 fully saturated rings. The number of carbonyl (C=O) groups is 2. The first-order valence-corrected chi connectivity index (χ1v) is 7.09. The van der Waals surface area contributed by atoms with Gasteiger partial charge in [-0.1, -0.05) is 0 Å². The molecule has 0 aliphatic rings. The Bertz CT molecular complexity index is 450. The Morgan fingerprint density at radius 2 is 2.00 bits per heavy atom. The summed E-state index contributed by atoms with van der Waals surface area (Å²) in [6.07, 6.45) is -0.584. The zero-order valence-electron chi connectivity index (χ0n) is 10.7. The smallest absolute Gasteiger partial charge is 0.408 e. The van der Waals surface area contributed by atoms with E-state index in [1.165, 1.54) is 11.3 Å². The van der Waals surface area contributed by atoms with Crippen LogP contribution >= 0.6 is 27.3 Å². The van der Waals surface area contributed by atoms with Gasteiger partial charge in [0.2, 0.25) is 0 Å². The van der Waals surface area contributed by atoms with Crippen molar-refractivity contribution in [2.75, 3.05) is 0 Å². The average Bonchev–Trinajstić information content (AvgIpc) is 2.60. The summed E-state index contributed by atoms with van der Waals surface area (Å²) in [5.41, 5.74) is -0.571. The molecule has 0 unspecified atom stereocenters. The largest absolute Gasteiger partial charge is 0.444 e. The van der Waals surface area contributed by atoms with Gasteiger partial charge in [-0.05, 0) is 55.8 Å². The van der Waals surface area contributed by atoms with Crippen LogP contribution in [0.3, 0.4) is 0 Å². The first-order valence-electron chi connectivity index (χ1n) is 5.48. The van der Waals surface area contributed by atoms with Crippen molar-refractivity contribution in [3.8, 4) is 0 Å². The van der Waals surface area contributed by atoms with Gasteiger partial charge in [-0.3, -0.25) is 4.79 Å². The fourth-order valence-corrected chi connectivity index (χ4v) is 2.62. The molecule has 1 rings (SSSR count). The fraction of sp³-hybridized carbons (Fsp3) is 0.500. The molecule has 1 atom stereocenters. The first kappa shape index (κ1) is 15.2. The number of carbonyl (C=O) groups excluding carboxylic acids is 2. The molecule has 4 nitrogen and oxygen atoms in total. The molecule has 6 heteroatoms. The van der Waals surface area contributed by atoms with Crippen molar-refractivity contribution in [2.45, 2.75) is 39.3 Å². The van der Waals surface area contributed by atoms with Gasteiger partial charge in [0.15, 0.2) is 5.78 Å². The predicted molar refractivity (Wildman–Crippen MR) is 75.2 cm³/mol. The summed E-state index contributed by atoms with van der Waals surface area (Å²) in [6, 6.07) is 2.92. The van der Waals surface area contributed by atoms with Crippen LogP contribution < -0.4 is 5.32 Å². The number of thiophene rings is 1. The Morgan fingerprint density at radius 3 is 2.44 bits per heavy atom. The predicted octanol–water partition coefficient (Wildman–Crippen LogP) is 3.61. The van der Waals surface area contributed by atoms with Crippen LogP contribution in [0, 0.1) is 0 Å². The highest BCUT2D eigenvalue weighted by Gasteiger charge is 2.22. The van der Waals surface area contributed by atoms with Crippen molar-refractivity contribution in [1.29, 1.82) is 0 Å². The maximum absolute atomic E-state index is 12.0. The fourth-order valence-electron chi connectivity index (χ4n) is 1.21. The second kappa shape index (κ2) is 5.84. The zero-order chi connectivity index (χ0) is 13.9. The Kier molecular flexibility index (Phi) is 4.92. The van der Waals surface area contributed by atoms with E-state index in [0.29, 0.717) is 4.88 Å². The third-order valence-corrected chi connectivity index (χ3v) is 3.58. The molecule has 100 valence electrons. The summed E-state index contributed by atoms with van der Waals surface area (Å²) in [5.74, 6) is -0.128. The summed E-state index contributed by atoms with van der Waals surface area (Å²) in [5, 5.41) is 2.52. The second-order valence-corrected chi connectivity index (χ2v) is 7.30. The van der Waals surface area contributed by atoms with Gasteiger partial charge < -0.3 is 10.1 Å². The molecular weight excluding hydrogens is 318 g/mol. The molecule has 1 amide bonds. The summed E-state index contributed by atoms with van der Waals surface area (Å²) < 4.78 is 5.98. The molecule has 1 aromatic rings. The number of ether oxygens (including phenoxy) is 1. The molecule has 0 radical (unpaired) electrons. The van der Waals surface area contributed by atoms with Crippen LogP contribution in [0.15, 0.2) is 15.9 Å². The van der Waals surface area contributed by atoms with Gasteiger partial charge in [0.05, 0.1) is 14.7 Å². The zero-order valence-corrected chi connectivity index (χ0v) is 13.1. The molecule has 0 saturated heterocycles. The minimum absolute atomic E-state index is 0.128. The van der Waals surface area contributed by atoms with Crippen LogP contribution in [0.25, 0.3) is 0 Å². The number of alkyl carbamates (subject to hydrolysis) is 1. The molecule has 0 spiro atoms. The minimum Gasteiger partial charge on any atom is -0.444 e.